The minimum atomic E-state index is 0.485. The molecule has 26 heavy (non-hydrogen) atoms. The maximum absolute atomic E-state index is 6.12. The van der Waals surface area contributed by atoms with E-state index in [1.807, 2.05) is 72.8 Å². The van der Waals surface area contributed by atoms with Gasteiger partial charge in [-0.05, 0) is 29.1 Å². The zero-order valence-corrected chi connectivity index (χ0v) is 14.4. The number of fused-ring (bicyclic) bond motifs is 1. The molecule has 2 nitrogen and oxygen atoms in total. The van der Waals surface area contributed by atoms with Crippen LogP contribution in [0.1, 0.15) is 11.1 Å². The summed E-state index contributed by atoms with van der Waals surface area (Å²) in [6.45, 7) is 0.485. The molecule has 4 rings (SSSR count). The molecule has 0 heterocycles. The van der Waals surface area contributed by atoms with Crippen molar-refractivity contribution in [1.82, 2.24) is 0 Å². The summed E-state index contributed by atoms with van der Waals surface area (Å²) in [7, 11) is 0. The molecule has 0 aliphatic heterocycles. The molecule has 0 amide bonds. The van der Waals surface area contributed by atoms with E-state index in [4.69, 9.17) is 9.73 Å². The van der Waals surface area contributed by atoms with Gasteiger partial charge in [-0.2, -0.15) is 0 Å². The summed E-state index contributed by atoms with van der Waals surface area (Å²) in [6, 6.07) is 34.6. The SMILES string of the molecule is c1ccc(CO/C(=N\c2cccc3ccccc23)c2ccccc2)cc1. The lowest BCUT2D eigenvalue weighted by Crippen LogP contribution is -2.06. The molecular formula is C24H19NO. The zero-order valence-electron chi connectivity index (χ0n) is 14.4. The van der Waals surface area contributed by atoms with Crippen molar-refractivity contribution in [3.63, 3.8) is 0 Å². The number of ether oxygens (including phenoxy) is 1. The Bertz CT molecular complexity index is 1020. The van der Waals surface area contributed by atoms with Crippen LogP contribution in [-0.4, -0.2) is 5.90 Å². The van der Waals surface area contributed by atoms with Gasteiger partial charge < -0.3 is 4.74 Å². The van der Waals surface area contributed by atoms with Crippen molar-refractivity contribution >= 4 is 22.4 Å². The van der Waals surface area contributed by atoms with E-state index in [1.165, 1.54) is 5.39 Å². The van der Waals surface area contributed by atoms with Gasteiger partial charge in [0, 0.05) is 10.9 Å². The second-order valence-corrected chi connectivity index (χ2v) is 6.06. The summed E-state index contributed by atoms with van der Waals surface area (Å²) >= 11 is 0. The molecule has 0 aromatic heterocycles. The van der Waals surface area contributed by atoms with Crippen LogP contribution in [0.2, 0.25) is 0 Å². The fraction of sp³-hybridized carbons (Fsp3) is 0.0417. The second-order valence-electron chi connectivity index (χ2n) is 6.06. The highest BCUT2D eigenvalue weighted by Gasteiger charge is 2.07. The van der Waals surface area contributed by atoms with E-state index in [2.05, 4.69) is 30.3 Å². The molecule has 0 saturated carbocycles. The van der Waals surface area contributed by atoms with Gasteiger partial charge >= 0.3 is 0 Å². The first kappa shape index (κ1) is 16.1. The Morgan fingerprint density at radius 2 is 1.31 bits per heavy atom. The lowest BCUT2D eigenvalue weighted by molar-refractivity contribution is 0.294. The minimum Gasteiger partial charge on any atom is -0.472 e. The molecule has 0 N–H and O–H groups in total. The van der Waals surface area contributed by atoms with Crippen LogP contribution in [-0.2, 0) is 11.3 Å². The molecule has 0 bridgehead atoms. The van der Waals surface area contributed by atoms with Crippen molar-refractivity contribution in [3.05, 3.63) is 114 Å². The molecular weight excluding hydrogens is 318 g/mol. The maximum atomic E-state index is 6.12. The molecule has 0 fully saturated rings. The average molecular weight is 337 g/mol. The van der Waals surface area contributed by atoms with Crippen molar-refractivity contribution < 1.29 is 4.74 Å². The monoisotopic (exact) mass is 337 g/mol. The van der Waals surface area contributed by atoms with Gasteiger partial charge in [0.05, 0.1) is 5.69 Å². The van der Waals surface area contributed by atoms with Crippen molar-refractivity contribution in [2.45, 2.75) is 6.61 Å². The normalized spacial score (nSPS) is 11.5. The summed E-state index contributed by atoms with van der Waals surface area (Å²) in [6.07, 6.45) is 0. The summed E-state index contributed by atoms with van der Waals surface area (Å²) in [5.74, 6) is 0.630. The molecule has 0 aliphatic rings. The van der Waals surface area contributed by atoms with Gasteiger partial charge in [0.25, 0.3) is 0 Å². The van der Waals surface area contributed by atoms with Gasteiger partial charge in [-0.1, -0.05) is 84.9 Å². The summed E-state index contributed by atoms with van der Waals surface area (Å²) < 4.78 is 6.12. The standard InChI is InChI=1S/C24H19NO/c1-3-10-19(11-4-1)18-26-24(21-13-5-2-6-14-21)25-23-17-9-15-20-12-7-8-16-22(20)23/h1-17H,18H2/b25-24-. The quantitative estimate of drug-likeness (QED) is 0.324. The smallest absolute Gasteiger partial charge is 0.221 e. The number of benzene rings is 4. The predicted octanol–water partition coefficient (Wildman–Crippen LogP) is 6.13. The van der Waals surface area contributed by atoms with Crippen molar-refractivity contribution in [3.8, 4) is 0 Å². The van der Waals surface area contributed by atoms with E-state index < -0.39 is 0 Å². The van der Waals surface area contributed by atoms with Gasteiger partial charge in [-0.3, -0.25) is 0 Å². The van der Waals surface area contributed by atoms with Crippen molar-refractivity contribution in [2.24, 2.45) is 4.99 Å². The number of hydrogen-bond donors (Lipinski definition) is 0. The van der Waals surface area contributed by atoms with Crippen LogP contribution in [0, 0.1) is 0 Å². The average Bonchev–Trinajstić information content (AvgIpc) is 2.72. The topological polar surface area (TPSA) is 21.6 Å². The lowest BCUT2D eigenvalue weighted by atomic mass is 10.1. The molecule has 126 valence electrons. The molecule has 0 saturated heterocycles. The summed E-state index contributed by atoms with van der Waals surface area (Å²) in [4.78, 5) is 4.87. The van der Waals surface area contributed by atoms with E-state index in [1.54, 1.807) is 0 Å². The predicted molar refractivity (Wildman–Crippen MR) is 108 cm³/mol. The molecule has 0 aliphatic carbocycles. The van der Waals surface area contributed by atoms with Crippen LogP contribution in [0.25, 0.3) is 10.8 Å². The van der Waals surface area contributed by atoms with Crippen molar-refractivity contribution in [2.75, 3.05) is 0 Å². The first-order chi connectivity index (χ1) is 12.9. The Labute approximate surface area is 153 Å². The van der Waals surface area contributed by atoms with Gasteiger partial charge in [-0.25, -0.2) is 4.99 Å². The van der Waals surface area contributed by atoms with Gasteiger partial charge in [-0.15, -0.1) is 0 Å². The largest absolute Gasteiger partial charge is 0.472 e. The van der Waals surface area contributed by atoms with Crippen LogP contribution in [0.5, 0.6) is 0 Å². The Kier molecular flexibility index (Phi) is 4.74. The van der Waals surface area contributed by atoms with Gasteiger partial charge in [0.1, 0.15) is 6.61 Å². The van der Waals surface area contributed by atoms with E-state index in [0.29, 0.717) is 12.5 Å². The van der Waals surface area contributed by atoms with Gasteiger partial charge in [0.15, 0.2) is 0 Å². The minimum absolute atomic E-state index is 0.485. The summed E-state index contributed by atoms with van der Waals surface area (Å²) in [5, 5.41) is 2.29. The highest BCUT2D eigenvalue weighted by atomic mass is 16.5. The number of hydrogen-bond acceptors (Lipinski definition) is 2. The van der Waals surface area contributed by atoms with Gasteiger partial charge in [0.2, 0.25) is 5.90 Å². The highest BCUT2D eigenvalue weighted by molar-refractivity contribution is 6.00. The van der Waals surface area contributed by atoms with Crippen LogP contribution in [0.3, 0.4) is 0 Å². The number of aliphatic imine (C=N–C) groups is 1. The molecule has 0 spiro atoms. The van der Waals surface area contributed by atoms with Crippen LogP contribution in [0.15, 0.2) is 108 Å². The zero-order chi connectivity index (χ0) is 17.6. The van der Waals surface area contributed by atoms with Crippen LogP contribution >= 0.6 is 0 Å². The van der Waals surface area contributed by atoms with Crippen molar-refractivity contribution in [1.29, 1.82) is 0 Å². The molecule has 4 aromatic carbocycles. The lowest BCUT2D eigenvalue weighted by Gasteiger charge is -2.11. The molecule has 0 unspecified atom stereocenters. The Morgan fingerprint density at radius 3 is 2.12 bits per heavy atom. The van der Waals surface area contributed by atoms with Crippen LogP contribution < -0.4 is 0 Å². The Balaban J connectivity index is 1.73. The molecule has 0 radical (unpaired) electrons. The third kappa shape index (κ3) is 3.65. The third-order valence-electron chi connectivity index (χ3n) is 4.23. The number of nitrogens with zero attached hydrogens (tertiary/aromatic N) is 1. The van der Waals surface area contributed by atoms with E-state index in [-0.39, 0.29) is 0 Å². The Morgan fingerprint density at radius 1 is 0.654 bits per heavy atom. The molecule has 4 aromatic rings. The highest BCUT2D eigenvalue weighted by Crippen LogP contribution is 2.26. The van der Waals surface area contributed by atoms with Crippen LogP contribution in [0.4, 0.5) is 5.69 Å². The molecule has 0 atom stereocenters. The van der Waals surface area contributed by atoms with E-state index in [9.17, 15) is 0 Å². The fourth-order valence-electron chi connectivity index (χ4n) is 2.90. The maximum Gasteiger partial charge on any atom is 0.221 e. The summed E-state index contributed by atoms with van der Waals surface area (Å²) in [5.41, 5.74) is 3.00. The molecule has 2 heteroatoms. The van der Waals surface area contributed by atoms with E-state index >= 15 is 0 Å². The first-order valence-electron chi connectivity index (χ1n) is 8.69. The first-order valence-corrected chi connectivity index (χ1v) is 8.69. The number of rotatable bonds is 4. The Hall–Kier alpha value is -3.39. The third-order valence-corrected chi connectivity index (χ3v) is 4.23. The fourth-order valence-corrected chi connectivity index (χ4v) is 2.90. The van der Waals surface area contributed by atoms with E-state index in [0.717, 1.165) is 22.2 Å². The second kappa shape index (κ2) is 7.66.